The SMILES string of the molecule is CN1C(=O)C/C(=C\c2cccc(N(C)C)c2)C1=O. The average Bonchev–Trinajstić information content (AvgIpc) is 2.57. The molecule has 1 heterocycles. The van der Waals surface area contributed by atoms with E-state index in [4.69, 9.17) is 0 Å². The third kappa shape index (κ3) is 2.27. The number of rotatable bonds is 2. The van der Waals surface area contributed by atoms with E-state index < -0.39 is 0 Å². The van der Waals surface area contributed by atoms with Gasteiger partial charge in [0.15, 0.2) is 0 Å². The Kier molecular flexibility index (Phi) is 3.19. The minimum atomic E-state index is -0.199. The Morgan fingerprint density at radius 3 is 2.56 bits per heavy atom. The van der Waals surface area contributed by atoms with Crippen molar-refractivity contribution in [1.82, 2.24) is 4.90 Å². The molecule has 1 aromatic rings. The molecule has 0 radical (unpaired) electrons. The Hall–Kier alpha value is -2.10. The van der Waals surface area contributed by atoms with Gasteiger partial charge in [-0.25, -0.2) is 0 Å². The molecule has 4 heteroatoms. The lowest BCUT2D eigenvalue weighted by Crippen LogP contribution is -2.23. The van der Waals surface area contributed by atoms with E-state index in [1.165, 1.54) is 11.9 Å². The van der Waals surface area contributed by atoms with Crippen molar-refractivity contribution >= 4 is 23.6 Å². The van der Waals surface area contributed by atoms with E-state index in [-0.39, 0.29) is 18.2 Å². The zero-order valence-corrected chi connectivity index (χ0v) is 10.8. The topological polar surface area (TPSA) is 40.6 Å². The molecule has 1 fully saturated rings. The van der Waals surface area contributed by atoms with Gasteiger partial charge in [0.2, 0.25) is 5.91 Å². The van der Waals surface area contributed by atoms with Crippen molar-refractivity contribution in [3.63, 3.8) is 0 Å². The highest BCUT2D eigenvalue weighted by Crippen LogP contribution is 2.22. The summed E-state index contributed by atoms with van der Waals surface area (Å²) in [4.78, 5) is 26.3. The third-order valence-corrected chi connectivity index (χ3v) is 3.02. The minimum absolute atomic E-state index is 0.144. The van der Waals surface area contributed by atoms with Crippen LogP contribution in [0.2, 0.25) is 0 Å². The second-order valence-electron chi connectivity index (χ2n) is 4.59. The van der Waals surface area contributed by atoms with Crippen LogP contribution in [0.3, 0.4) is 0 Å². The van der Waals surface area contributed by atoms with Crippen molar-refractivity contribution in [3.05, 3.63) is 35.4 Å². The first-order valence-corrected chi connectivity index (χ1v) is 5.78. The van der Waals surface area contributed by atoms with Crippen LogP contribution in [-0.4, -0.2) is 37.9 Å². The molecule has 2 amide bonds. The van der Waals surface area contributed by atoms with Gasteiger partial charge in [0, 0.05) is 32.4 Å². The minimum Gasteiger partial charge on any atom is -0.378 e. The first kappa shape index (κ1) is 12.4. The van der Waals surface area contributed by atoms with Gasteiger partial charge < -0.3 is 4.90 Å². The lowest BCUT2D eigenvalue weighted by Gasteiger charge is -2.12. The zero-order chi connectivity index (χ0) is 13.3. The van der Waals surface area contributed by atoms with Crippen LogP contribution in [-0.2, 0) is 9.59 Å². The molecule has 4 nitrogen and oxygen atoms in total. The van der Waals surface area contributed by atoms with E-state index in [0.717, 1.165) is 11.3 Å². The maximum atomic E-state index is 11.8. The van der Waals surface area contributed by atoms with Crippen molar-refractivity contribution in [3.8, 4) is 0 Å². The standard InChI is InChI=1S/C14H16N2O2/c1-15(2)12-6-4-5-10(8-12)7-11-9-13(17)16(3)14(11)18/h4-8H,9H2,1-3H3/b11-7+. The molecule has 0 N–H and O–H groups in total. The Morgan fingerprint density at radius 2 is 2.00 bits per heavy atom. The van der Waals surface area contributed by atoms with Crippen molar-refractivity contribution in [2.75, 3.05) is 26.0 Å². The predicted octanol–water partition coefficient (Wildman–Crippen LogP) is 1.52. The van der Waals surface area contributed by atoms with Crippen molar-refractivity contribution in [2.24, 2.45) is 0 Å². The highest BCUT2D eigenvalue weighted by Gasteiger charge is 2.30. The van der Waals surface area contributed by atoms with Crippen LogP contribution in [0.15, 0.2) is 29.8 Å². The highest BCUT2D eigenvalue weighted by molar-refractivity contribution is 6.15. The molecular weight excluding hydrogens is 228 g/mol. The molecule has 0 spiro atoms. The summed E-state index contributed by atoms with van der Waals surface area (Å²) in [5, 5.41) is 0. The van der Waals surface area contributed by atoms with E-state index in [1.807, 2.05) is 43.3 Å². The zero-order valence-electron chi connectivity index (χ0n) is 10.8. The van der Waals surface area contributed by atoms with Gasteiger partial charge in [-0.2, -0.15) is 0 Å². The second-order valence-corrected chi connectivity index (χ2v) is 4.59. The Bertz CT molecular complexity index is 532. The number of anilines is 1. The van der Waals surface area contributed by atoms with Crippen molar-refractivity contribution in [1.29, 1.82) is 0 Å². The summed E-state index contributed by atoms with van der Waals surface area (Å²) >= 11 is 0. The molecule has 0 aromatic heterocycles. The maximum absolute atomic E-state index is 11.8. The summed E-state index contributed by atoms with van der Waals surface area (Å²) < 4.78 is 0. The van der Waals surface area contributed by atoms with Gasteiger partial charge in [-0.15, -0.1) is 0 Å². The van der Waals surface area contributed by atoms with Crippen LogP contribution in [0.1, 0.15) is 12.0 Å². The van der Waals surface area contributed by atoms with E-state index in [2.05, 4.69) is 0 Å². The van der Waals surface area contributed by atoms with E-state index in [1.54, 1.807) is 6.08 Å². The smallest absolute Gasteiger partial charge is 0.256 e. The number of hydrogen-bond donors (Lipinski definition) is 0. The molecule has 1 aliphatic rings. The molecule has 1 aromatic carbocycles. The summed E-state index contributed by atoms with van der Waals surface area (Å²) in [5.41, 5.74) is 2.56. The summed E-state index contributed by atoms with van der Waals surface area (Å²) in [5.74, 6) is -0.342. The van der Waals surface area contributed by atoms with Gasteiger partial charge in [0.05, 0.1) is 6.42 Å². The fraction of sp³-hybridized carbons (Fsp3) is 0.286. The fourth-order valence-electron chi connectivity index (χ4n) is 1.89. The number of amides is 2. The molecule has 94 valence electrons. The first-order chi connectivity index (χ1) is 8.49. The number of carbonyl (C=O) groups is 2. The van der Waals surface area contributed by atoms with Gasteiger partial charge in [0.1, 0.15) is 0 Å². The quantitative estimate of drug-likeness (QED) is 0.585. The molecule has 18 heavy (non-hydrogen) atoms. The number of likely N-dealkylation sites (tertiary alicyclic amines) is 1. The van der Waals surface area contributed by atoms with Crippen LogP contribution >= 0.6 is 0 Å². The molecule has 2 rings (SSSR count). The van der Waals surface area contributed by atoms with Crippen LogP contribution < -0.4 is 4.90 Å². The van der Waals surface area contributed by atoms with E-state index in [9.17, 15) is 9.59 Å². The highest BCUT2D eigenvalue weighted by atomic mass is 16.2. The lowest BCUT2D eigenvalue weighted by molar-refractivity contribution is -0.135. The Labute approximate surface area is 106 Å². The van der Waals surface area contributed by atoms with Gasteiger partial charge >= 0.3 is 0 Å². The molecular formula is C14H16N2O2. The summed E-state index contributed by atoms with van der Waals surface area (Å²) in [6.07, 6.45) is 1.98. The second kappa shape index (κ2) is 4.64. The molecule has 0 unspecified atom stereocenters. The largest absolute Gasteiger partial charge is 0.378 e. The molecule has 1 saturated heterocycles. The van der Waals surface area contributed by atoms with Crippen molar-refractivity contribution in [2.45, 2.75) is 6.42 Å². The number of hydrogen-bond acceptors (Lipinski definition) is 3. The number of carbonyl (C=O) groups excluding carboxylic acids is 2. The summed E-state index contributed by atoms with van der Waals surface area (Å²) in [6, 6.07) is 7.85. The summed E-state index contributed by atoms with van der Waals surface area (Å²) in [7, 11) is 5.44. The maximum Gasteiger partial charge on any atom is 0.256 e. The number of nitrogens with zero attached hydrogens (tertiary/aromatic N) is 2. The molecule has 0 atom stereocenters. The number of benzene rings is 1. The van der Waals surface area contributed by atoms with Crippen LogP contribution in [0.4, 0.5) is 5.69 Å². The van der Waals surface area contributed by atoms with E-state index in [0.29, 0.717) is 5.57 Å². The number of imide groups is 1. The van der Waals surface area contributed by atoms with Crippen molar-refractivity contribution < 1.29 is 9.59 Å². The molecule has 1 aliphatic heterocycles. The third-order valence-electron chi connectivity index (χ3n) is 3.02. The number of likely N-dealkylation sites (N-methyl/N-ethyl adjacent to an activating group) is 1. The van der Waals surface area contributed by atoms with Crippen LogP contribution in [0.5, 0.6) is 0 Å². The van der Waals surface area contributed by atoms with Gasteiger partial charge in [0.25, 0.3) is 5.91 Å². The van der Waals surface area contributed by atoms with Crippen LogP contribution in [0.25, 0.3) is 6.08 Å². The van der Waals surface area contributed by atoms with Gasteiger partial charge in [-0.05, 0) is 23.8 Å². The van der Waals surface area contributed by atoms with E-state index >= 15 is 0 Å². The van der Waals surface area contributed by atoms with Crippen LogP contribution in [0, 0.1) is 0 Å². The lowest BCUT2D eigenvalue weighted by atomic mass is 10.1. The first-order valence-electron chi connectivity index (χ1n) is 5.78. The Balaban J connectivity index is 2.31. The predicted molar refractivity (Wildman–Crippen MR) is 71.1 cm³/mol. The molecule has 0 aliphatic carbocycles. The summed E-state index contributed by atoms with van der Waals surface area (Å²) in [6.45, 7) is 0. The molecule has 0 bridgehead atoms. The monoisotopic (exact) mass is 244 g/mol. The fourth-order valence-corrected chi connectivity index (χ4v) is 1.89. The Morgan fingerprint density at radius 1 is 1.28 bits per heavy atom. The van der Waals surface area contributed by atoms with Gasteiger partial charge in [-0.1, -0.05) is 12.1 Å². The molecule has 0 saturated carbocycles. The average molecular weight is 244 g/mol. The normalized spacial score (nSPS) is 17.7. The van der Waals surface area contributed by atoms with Gasteiger partial charge in [-0.3, -0.25) is 14.5 Å².